The molecule has 3 rings (SSSR count). The van der Waals surface area contributed by atoms with E-state index in [-0.39, 0.29) is 0 Å². The van der Waals surface area contributed by atoms with Crippen molar-refractivity contribution < 1.29 is 9.59 Å². The van der Waals surface area contributed by atoms with Crippen molar-refractivity contribution in [2.45, 2.75) is 0 Å². The molecule has 21 heavy (non-hydrogen) atoms. The Morgan fingerprint density at radius 2 is 1.76 bits per heavy atom. The molecule has 0 N–H and O–H groups in total. The monoisotopic (exact) mass is 280 g/mol. The minimum absolute atomic E-state index is 0.411. The summed E-state index contributed by atoms with van der Waals surface area (Å²) in [6.07, 6.45) is 1.64. The van der Waals surface area contributed by atoms with E-state index in [9.17, 15) is 9.59 Å². The second kappa shape index (κ2) is 5.40. The maximum absolute atomic E-state index is 12.4. The Bertz CT molecular complexity index is 718. The summed E-state index contributed by atoms with van der Waals surface area (Å²) in [5.74, 6) is -0.937. The highest BCUT2D eigenvalue weighted by Crippen LogP contribution is 2.28. The molecule has 0 saturated carbocycles. The first kappa shape index (κ1) is 13.4. The number of nitrogens with zero attached hydrogens (tertiary/aromatic N) is 2. The minimum Gasteiger partial charge on any atom is -0.329 e. The molecule has 106 valence electrons. The Labute approximate surface area is 123 Å². The lowest BCUT2D eigenvalue weighted by molar-refractivity contribution is -0.145. The number of fused-ring (bicyclic) bond motifs is 1. The van der Waals surface area contributed by atoms with Gasteiger partial charge in [-0.1, -0.05) is 42.5 Å². The summed E-state index contributed by atoms with van der Waals surface area (Å²) < 4.78 is 0. The fourth-order valence-electron chi connectivity index (χ4n) is 2.68. The van der Waals surface area contributed by atoms with Crippen LogP contribution in [-0.2, 0) is 9.59 Å². The third kappa shape index (κ3) is 2.29. The van der Waals surface area contributed by atoms with Gasteiger partial charge in [-0.3, -0.25) is 9.59 Å². The second-order valence-corrected chi connectivity index (χ2v) is 4.99. The lowest BCUT2D eigenvalue weighted by Gasteiger charge is -2.33. The lowest BCUT2D eigenvalue weighted by Crippen LogP contribution is -2.54. The molecular formula is C17H16N2O2. The normalized spacial score (nSPS) is 15.6. The van der Waals surface area contributed by atoms with E-state index in [4.69, 9.17) is 0 Å². The molecule has 1 heterocycles. The number of rotatable bonds is 3. The van der Waals surface area contributed by atoms with E-state index in [1.54, 1.807) is 11.0 Å². The molecule has 2 amide bonds. The maximum atomic E-state index is 12.4. The van der Waals surface area contributed by atoms with Gasteiger partial charge in [0.05, 0.1) is 5.69 Å². The molecule has 0 spiro atoms. The average molecular weight is 280 g/mol. The molecule has 0 atom stereocenters. The van der Waals surface area contributed by atoms with Crippen LogP contribution in [0.3, 0.4) is 0 Å². The summed E-state index contributed by atoms with van der Waals surface area (Å²) in [4.78, 5) is 27.6. The van der Waals surface area contributed by atoms with E-state index in [1.807, 2.05) is 42.5 Å². The van der Waals surface area contributed by atoms with Gasteiger partial charge in [-0.15, -0.1) is 6.58 Å². The molecular weight excluding hydrogens is 264 g/mol. The molecule has 0 aliphatic carbocycles. The van der Waals surface area contributed by atoms with E-state index < -0.39 is 11.8 Å². The van der Waals surface area contributed by atoms with E-state index in [1.165, 1.54) is 4.90 Å². The van der Waals surface area contributed by atoms with Crippen LogP contribution in [0.2, 0.25) is 0 Å². The van der Waals surface area contributed by atoms with Gasteiger partial charge in [-0.05, 0) is 11.5 Å². The molecule has 0 bridgehead atoms. The zero-order valence-electron chi connectivity index (χ0n) is 11.7. The topological polar surface area (TPSA) is 40.6 Å². The average Bonchev–Trinajstić information content (AvgIpc) is 2.52. The highest BCUT2D eigenvalue weighted by molar-refractivity contribution is 6.41. The van der Waals surface area contributed by atoms with Gasteiger partial charge < -0.3 is 9.80 Å². The largest absolute Gasteiger partial charge is 0.329 e. The van der Waals surface area contributed by atoms with E-state index in [0.29, 0.717) is 19.6 Å². The molecule has 4 nitrogen and oxygen atoms in total. The van der Waals surface area contributed by atoms with Gasteiger partial charge in [0.2, 0.25) is 0 Å². The van der Waals surface area contributed by atoms with Crippen molar-refractivity contribution in [2.75, 3.05) is 24.5 Å². The fraction of sp³-hybridized carbons (Fsp3) is 0.176. The summed E-state index contributed by atoms with van der Waals surface area (Å²) in [7, 11) is 0. The summed E-state index contributed by atoms with van der Waals surface area (Å²) in [6, 6.07) is 13.7. The number of benzene rings is 2. The van der Waals surface area contributed by atoms with Crippen LogP contribution in [0.15, 0.2) is 55.1 Å². The Hall–Kier alpha value is -2.62. The Balaban J connectivity index is 1.99. The number of amides is 2. The van der Waals surface area contributed by atoms with Crippen LogP contribution in [0.1, 0.15) is 0 Å². The van der Waals surface area contributed by atoms with Crippen molar-refractivity contribution in [3.63, 3.8) is 0 Å². The van der Waals surface area contributed by atoms with Crippen LogP contribution < -0.4 is 4.90 Å². The first-order valence-electron chi connectivity index (χ1n) is 6.92. The Morgan fingerprint density at radius 1 is 1.00 bits per heavy atom. The predicted molar refractivity (Wildman–Crippen MR) is 83.1 cm³/mol. The molecule has 0 aromatic heterocycles. The molecule has 4 heteroatoms. The zero-order chi connectivity index (χ0) is 14.8. The number of piperazine rings is 1. The molecule has 1 fully saturated rings. The van der Waals surface area contributed by atoms with Crippen LogP contribution >= 0.6 is 0 Å². The van der Waals surface area contributed by atoms with Crippen LogP contribution in [-0.4, -0.2) is 36.3 Å². The first-order chi connectivity index (χ1) is 10.2. The number of carbonyl (C=O) groups excluding carboxylic acids is 2. The molecule has 1 aliphatic rings. The maximum Gasteiger partial charge on any atom is 0.316 e. The van der Waals surface area contributed by atoms with Gasteiger partial charge >= 0.3 is 11.8 Å². The molecule has 2 aromatic rings. The number of carbonyl (C=O) groups is 2. The summed E-state index contributed by atoms with van der Waals surface area (Å²) in [5.41, 5.74) is 0.796. The molecule has 2 aromatic carbocycles. The number of anilines is 1. The zero-order valence-corrected chi connectivity index (χ0v) is 11.7. The van der Waals surface area contributed by atoms with Gasteiger partial charge in [-0.2, -0.15) is 0 Å². The standard InChI is InChI=1S/C17H16N2O2/c1-2-10-18-11-12-19(17(21)16(18)20)15-9-5-7-13-6-3-4-8-14(13)15/h2-9H,1,10-12H2. The van der Waals surface area contributed by atoms with Gasteiger partial charge in [0.25, 0.3) is 0 Å². The van der Waals surface area contributed by atoms with Crippen molar-refractivity contribution >= 4 is 28.3 Å². The van der Waals surface area contributed by atoms with Crippen molar-refractivity contribution in [2.24, 2.45) is 0 Å². The second-order valence-electron chi connectivity index (χ2n) is 4.99. The third-order valence-electron chi connectivity index (χ3n) is 3.72. The Morgan fingerprint density at radius 3 is 2.57 bits per heavy atom. The minimum atomic E-state index is -0.473. The quantitative estimate of drug-likeness (QED) is 0.639. The molecule has 0 unspecified atom stereocenters. The van der Waals surface area contributed by atoms with E-state index >= 15 is 0 Å². The smallest absolute Gasteiger partial charge is 0.316 e. The molecule has 1 aliphatic heterocycles. The van der Waals surface area contributed by atoms with Crippen LogP contribution in [0.5, 0.6) is 0 Å². The summed E-state index contributed by atoms with van der Waals surface area (Å²) in [6.45, 7) is 5.06. The van der Waals surface area contributed by atoms with Crippen molar-refractivity contribution in [1.82, 2.24) is 4.90 Å². The summed E-state index contributed by atoms with van der Waals surface area (Å²) >= 11 is 0. The SMILES string of the molecule is C=CCN1CCN(c2cccc3ccccc23)C(=O)C1=O. The number of hydrogen-bond donors (Lipinski definition) is 0. The highest BCUT2D eigenvalue weighted by Gasteiger charge is 2.33. The van der Waals surface area contributed by atoms with Crippen molar-refractivity contribution in [1.29, 1.82) is 0 Å². The highest BCUT2D eigenvalue weighted by atomic mass is 16.2. The van der Waals surface area contributed by atoms with Crippen molar-refractivity contribution in [3.8, 4) is 0 Å². The summed E-state index contributed by atoms with van der Waals surface area (Å²) in [5, 5.41) is 2.04. The van der Waals surface area contributed by atoms with Gasteiger partial charge in [0, 0.05) is 25.0 Å². The van der Waals surface area contributed by atoms with Crippen LogP contribution in [0.4, 0.5) is 5.69 Å². The predicted octanol–water partition coefficient (Wildman–Crippen LogP) is 2.20. The van der Waals surface area contributed by atoms with Crippen LogP contribution in [0, 0.1) is 0 Å². The van der Waals surface area contributed by atoms with Gasteiger partial charge in [0.1, 0.15) is 0 Å². The van der Waals surface area contributed by atoms with Crippen molar-refractivity contribution in [3.05, 3.63) is 55.1 Å². The fourth-order valence-corrected chi connectivity index (χ4v) is 2.68. The Kier molecular flexibility index (Phi) is 3.44. The van der Waals surface area contributed by atoms with E-state index in [2.05, 4.69) is 6.58 Å². The van der Waals surface area contributed by atoms with Crippen LogP contribution in [0.25, 0.3) is 10.8 Å². The molecule has 1 saturated heterocycles. The van der Waals surface area contributed by atoms with E-state index in [0.717, 1.165) is 16.5 Å². The number of hydrogen-bond acceptors (Lipinski definition) is 2. The molecule has 0 radical (unpaired) electrons. The van der Waals surface area contributed by atoms with Gasteiger partial charge in [-0.25, -0.2) is 0 Å². The van der Waals surface area contributed by atoms with Gasteiger partial charge in [0.15, 0.2) is 0 Å². The third-order valence-corrected chi connectivity index (χ3v) is 3.72. The first-order valence-corrected chi connectivity index (χ1v) is 6.92. The lowest BCUT2D eigenvalue weighted by atomic mass is 10.1.